The summed E-state index contributed by atoms with van der Waals surface area (Å²) >= 11 is 0. The Morgan fingerprint density at radius 2 is 1.56 bits per heavy atom. The molecule has 0 spiro atoms. The Labute approximate surface area is 95.3 Å². The molecule has 1 N–H and O–H groups in total. The van der Waals surface area contributed by atoms with Gasteiger partial charge in [-0.2, -0.15) is 0 Å². The van der Waals surface area contributed by atoms with Crippen molar-refractivity contribution < 1.29 is 19.4 Å². The fourth-order valence-electron chi connectivity index (χ4n) is 0.915. The molecule has 0 aromatic rings. The number of rotatable bonds is 8. The quantitative estimate of drug-likeness (QED) is 0.475. The molecule has 0 bridgehead atoms. The van der Waals surface area contributed by atoms with Crippen LogP contribution in [0.1, 0.15) is 0 Å². The molecule has 0 aliphatic rings. The molecule has 0 atom stereocenters. The van der Waals surface area contributed by atoms with Crippen molar-refractivity contribution in [3.63, 3.8) is 0 Å². The molecule has 1 amide bonds. The van der Waals surface area contributed by atoms with Crippen LogP contribution in [0.5, 0.6) is 0 Å². The average molecular weight is 225 g/mol. The van der Waals surface area contributed by atoms with Crippen LogP contribution in [0, 0.1) is 24.7 Å². The van der Waals surface area contributed by atoms with Crippen molar-refractivity contribution in [1.29, 1.82) is 0 Å². The highest BCUT2D eigenvalue weighted by Crippen LogP contribution is 1.90. The Kier molecular flexibility index (Phi) is 8.81. The summed E-state index contributed by atoms with van der Waals surface area (Å²) in [4.78, 5) is 11.9. The Morgan fingerprint density at radius 1 is 1.12 bits per heavy atom. The maximum Gasteiger partial charge on any atom is 0.407 e. The van der Waals surface area contributed by atoms with Crippen molar-refractivity contribution in [2.75, 3.05) is 39.5 Å². The molecule has 5 nitrogen and oxygen atoms in total. The fraction of sp³-hybridized carbons (Fsp3) is 0.545. The van der Waals surface area contributed by atoms with Crippen LogP contribution in [0.25, 0.3) is 0 Å². The minimum absolute atomic E-state index is 0.182. The van der Waals surface area contributed by atoms with Gasteiger partial charge in [-0.25, -0.2) is 4.79 Å². The van der Waals surface area contributed by atoms with Crippen molar-refractivity contribution in [3.05, 3.63) is 0 Å². The summed E-state index contributed by atoms with van der Waals surface area (Å²) in [5, 5.41) is 8.82. The number of amides is 1. The van der Waals surface area contributed by atoms with Crippen LogP contribution in [0.2, 0.25) is 0 Å². The molecule has 5 heteroatoms. The molecule has 0 aromatic heterocycles. The number of hydrogen-bond donors (Lipinski definition) is 1. The SMILES string of the molecule is C#CCOCCN(CCOCC#C)C(=O)O. The van der Waals surface area contributed by atoms with Crippen LogP contribution in [-0.2, 0) is 9.47 Å². The topological polar surface area (TPSA) is 59.0 Å². The molecule has 16 heavy (non-hydrogen) atoms. The van der Waals surface area contributed by atoms with Crippen LogP contribution < -0.4 is 0 Å². The zero-order chi connectivity index (χ0) is 12.2. The van der Waals surface area contributed by atoms with Gasteiger partial charge in [-0.1, -0.05) is 11.8 Å². The first-order chi connectivity index (χ1) is 7.72. The molecule has 0 radical (unpaired) electrons. The second-order valence-corrected chi connectivity index (χ2v) is 2.78. The average Bonchev–Trinajstić information content (AvgIpc) is 2.26. The van der Waals surface area contributed by atoms with Crippen LogP contribution in [-0.4, -0.2) is 55.6 Å². The molecule has 0 fully saturated rings. The minimum Gasteiger partial charge on any atom is -0.465 e. The van der Waals surface area contributed by atoms with E-state index in [2.05, 4.69) is 11.8 Å². The van der Waals surface area contributed by atoms with E-state index >= 15 is 0 Å². The Bertz CT molecular complexity index is 255. The van der Waals surface area contributed by atoms with Gasteiger partial charge in [-0.3, -0.25) is 0 Å². The zero-order valence-corrected chi connectivity index (χ0v) is 9.02. The lowest BCUT2D eigenvalue weighted by Crippen LogP contribution is -2.35. The molecular formula is C11H15NO4. The summed E-state index contributed by atoms with van der Waals surface area (Å²) in [6, 6.07) is 0. The van der Waals surface area contributed by atoms with Gasteiger partial charge in [-0.05, 0) is 0 Å². The van der Waals surface area contributed by atoms with Crippen molar-refractivity contribution in [3.8, 4) is 24.7 Å². The maximum atomic E-state index is 10.8. The van der Waals surface area contributed by atoms with Crippen LogP contribution >= 0.6 is 0 Å². The third-order valence-electron chi connectivity index (χ3n) is 1.65. The first kappa shape index (κ1) is 14.3. The van der Waals surface area contributed by atoms with E-state index in [1.165, 1.54) is 4.90 Å². The molecule has 0 unspecified atom stereocenters. The lowest BCUT2D eigenvalue weighted by atomic mass is 10.5. The number of ether oxygens (including phenoxy) is 2. The fourth-order valence-corrected chi connectivity index (χ4v) is 0.915. The van der Waals surface area contributed by atoms with Gasteiger partial charge in [0.2, 0.25) is 0 Å². The maximum absolute atomic E-state index is 10.8. The molecule has 0 aliphatic heterocycles. The summed E-state index contributed by atoms with van der Waals surface area (Å²) in [7, 11) is 0. The third kappa shape index (κ3) is 7.69. The summed E-state index contributed by atoms with van der Waals surface area (Å²) in [5.74, 6) is 4.59. The van der Waals surface area contributed by atoms with E-state index in [1.54, 1.807) is 0 Å². The Hall–Kier alpha value is -1.69. The predicted octanol–water partition coefficient (Wildman–Crippen LogP) is 0.266. The molecule has 0 saturated carbocycles. The van der Waals surface area contributed by atoms with Gasteiger partial charge < -0.3 is 19.5 Å². The number of nitrogens with zero attached hydrogens (tertiary/aromatic N) is 1. The van der Waals surface area contributed by atoms with Gasteiger partial charge in [0.1, 0.15) is 13.2 Å². The minimum atomic E-state index is -1.02. The normalized spacial score (nSPS) is 9.12. The van der Waals surface area contributed by atoms with Crippen molar-refractivity contribution in [1.82, 2.24) is 4.90 Å². The van der Waals surface area contributed by atoms with Crippen LogP contribution in [0.15, 0.2) is 0 Å². The molecule has 88 valence electrons. The number of carboxylic acid groups (broad SMARTS) is 1. The van der Waals surface area contributed by atoms with Crippen molar-refractivity contribution in [2.24, 2.45) is 0 Å². The van der Waals surface area contributed by atoms with Gasteiger partial charge in [-0.15, -0.1) is 12.8 Å². The molecule has 0 rings (SSSR count). The highest BCUT2D eigenvalue weighted by molar-refractivity contribution is 5.64. The van der Waals surface area contributed by atoms with E-state index in [0.717, 1.165) is 0 Å². The first-order valence-corrected chi connectivity index (χ1v) is 4.72. The lowest BCUT2D eigenvalue weighted by molar-refractivity contribution is 0.0855. The number of hydrogen-bond acceptors (Lipinski definition) is 3. The van der Waals surface area contributed by atoms with Crippen molar-refractivity contribution >= 4 is 6.09 Å². The van der Waals surface area contributed by atoms with E-state index in [9.17, 15) is 4.79 Å². The summed E-state index contributed by atoms with van der Waals surface area (Å²) in [5.41, 5.74) is 0. The first-order valence-electron chi connectivity index (χ1n) is 4.72. The third-order valence-corrected chi connectivity index (χ3v) is 1.65. The highest BCUT2D eigenvalue weighted by atomic mass is 16.5. The van der Waals surface area contributed by atoms with E-state index in [-0.39, 0.29) is 39.5 Å². The van der Waals surface area contributed by atoms with Gasteiger partial charge >= 0.3 is 6.09 Å². The summed E-state index contributed by atoms with van der Waals surface area (Å²) < 4.78 is 9.95. The molecule has 0 heterocycles. The largest absolute Gasteiger partial charge is 0.465 e. The smallest absolute Gasteiger partial charge is 0.407 e. The monoisotopic (exact) mass is 225 g/mol. The van der Waals surface area contributed by atoms with Crippen LogP contribution in [0.3, 0.4) is 0 Å². The molecule has 0 aromatic carbocycles. The van der Waals surface area contributed by atoms with Crippen molar-refractivity contribution in [2.45, 2.75) is 0 Å². The number of carbonyl (C=O) groups is 1. The second-order valence-electron chi connectivity index (χ2n) is 2.78. The second kappa shape index (κ2) is 9.85. The standard InChI is InChI=1S/C11H15NO4/c1-3-7-15-9-5-12(11(13)14)6-10-16-8-4-2/h1-2H,5-10H2,(H,13,14). The highest BCUT2D eigenvalue weighted by Gasteiger charge is 2.10. The van der Waals surface area contributed by atoms with Gasteiger partial charge in [0.25, 0.3) is 0 Å². The predicted molar refractivity (Wildman–Crippen MR) is 58.9 cm³/mol. The van der Waals surface area contributed by atoms with E-state index in [0.29, 0.717) is 0 Å². The zero-order valence-electron chi connectivity index (χ0n) is 9.02. The van der Waals surface area contributed by atoms with E-state index in [4.69, 9.17) is 27.4 Å². The number of terminal acetylenes is 2. The summed E-state index contributed by atoms with van der Waals surface area (Å²) in [6.45, 7) is 1.42. The van der Waals surface area contributed by atoms with Crippen LogP contribution in [0.4, 0.5) is 4.79 Å². The lowest BCUT2D eigenvalue weighted by Gasteiger charge is -2.18. The Balaban J connectivity index is 3.68. The Morgan fingerprint density at radius 3 is 1.88 bits per heavy atom. The molecule has 0 saturated heterocycles. The van der Waals surface area contributed by atoms with Gasteiger partial charge in [0.15, 0.2) is 0 Å². The molecule has 0 aliphatic carbocycles. The molecular weight excluding hydrogens is 210 g/mol. The van der Waals surface area contributed by atoms with E-state index in [1.807, 2.05) is 0 Å². The summed E-state index contributed by atoms with van der Waals surface area (Å²) in [6.07, 6.45) is 8.93. The van der Waals surface area contributed by atoms with E-state index < -0.39 is 6.09 Å². The van der Waals surface area contributed by atoms with Gasteiger partial charge in [0.05, 0.1) is 13.2 Å². The van der Waals surface area contributed by atoms with Gasteiger partial charge in [0, 0.05) is 13.1 Å².